The van der Waals surface area contributed by atoms with Gasteiger partial charge in [0.25, 0.3) is 0 Å². The minimum Gasteiger partial charge on any atom is -0.385 e. The SMILES string of the molecule is CC(=O)N1C2CCC1CC(O)(c1ccc(F)cc1)C2. The topological polar surface area (TPSA) is 40.5 Å². The molecule has 2 aliphatic rings. The molecule has 0 radical (unpaired) electrons. The Morgan fingerprint density at radius 3 is 2.26 bits per heavy atom. The third-order valence-corrected chi connectivity index (χ3v) is 4.51. The molecule has 2 fully saturated rings. The highest BCUT2D eigenvalue weighted by atomic mass is 19.1. The number of rotatable bonds is 1. The van der Waals surface area contributed by atoms with Crippen molar-refractivity contribution < 1.29 is 14.3 Å². The summed E-state index contributed by atoms with van der Waals surface area (Å²) in [5.41, 5.74) is -0.167. The summed E-state index contributed by atoms with van der Waals surface area (Å²) < 4.78 is 13.0. The van der Waals surface area contributed by atoms with Crippen molar-refractivity contribution in [1.29, 1.82) is 0 Å². The first-order chi connectivity index (χ1) is 8.99. The van der Waals surface area contributed by atoms with Crippen LogP contribution in [-0.2, 0) is 10.4 Å². The maximum Gasteiger partial charge on any atom is 0.219 e. The Hall–Kier alpha value is -1.42. The summed E-state index contributed by atoms with van der Waals surface area (Å²) in [7, 11) is 0. The van der Waals surface area contributed by atoms with Gasteiger partial charge in [-0.05, 0) is 30.5 Å². The molecule has 1 amide bonds. The number of amides is 1. The molecule has 0 spiro atoms. The number of hydrogen-bond acceptors (Lipinski definition) is 2. The molecular weight excluding hydrogens is 245 g/mol. The average molecular weight is 263 g/mol. The maximum atomic E-state index is 13.0. The van der Waals surface area contributed by atoms with Crippen LogP contribution in [0.4, 0.5) is 4.39 Å². The van der Waals surface area contributed by atoms with Gasteiger partial charge in [-0.1, -0.05) is 12.1 Å². The van der Waals surface area contributed by atoms with Gasteiger partial charge in [0, 0.05) is 31.8 Å². The fraction of sp³-hybridized carbons (Fsp3) is 0.533. The van der Waals surface area contributed by atoms with E-state index in [1.165, 1.54) is 12.1 Å². The summed E-state index contributed by atoms with van der Waals surface area (Å²) in [5.74, 6) is -0.204. The Balaban J connectivity index is 1.88. The third kappa shape index (κ3) is 2.04. The van der Waals surface area contributed by atoms with Gasteiger partial charge in [0.15, 0.2) is 0 Å². The summed E-state index contributed by atoms with van der Waals surface area (Å²) in [6.07, 6.45) is 3.00. The molecule has 1 N–H and O–H groups in total. The van der Waals surface area contributed by atoms with Gasteiger partial charge < -0.3 is 10.0 Å². The van der Waals surface area contributed by atoms with E-state index >= 15 is 0 Å². The number of halogens is 1. The van der Waals surface area contributed by atoms with Crippen LogP contribution in [-0.4, -0.2) is 28.0 Å². The second-order valence-electron chi connectivity index (χ2n) is 5.76. The molecule has 1 aromatic rings. The zero-order valence-electron chi connectivity index (χ0n) is 11.0. The summed E-state index contributed by atoms with van der Waals surface area (Å²) >= 11 is 0. The quantitative estimate of drug-likeness (QED) is 0.843. The molecule has 3 rings (SSSR count). The Bertz CT molecular complexity index is 485. The Labute approximate surface area is 112 Å². The first kappa shape index (κ1) is 12.6. The van der Waals surface area contributed by atoms with E-state index < -0.39 is 5.60 Å². The average Bonchev–Trinajstić information content (AvgIpc) is 2.64. The lowest BCUT2D eigenvalue weighted by atomic mass is 9.80. The van der Waals surface area contributed by atoms with Crippen molar-refractivity contribution in [3.8, 4) is 0 Å². The Kier molecular flexibility index (Phi) is 2.86. The number of carbonyl (C=O) groups is 1. The number of hydrogen-bond donors (Lipinski definition) is 1. The maximum absolute atomic E-state index is 13.0. The van der Waals surface area contributed by atoms with E-state index in [2.05, 4.69) is 0 Å². The molecule has 19 heavy (non-hydrogen) atoms. The zero-order valence-corrected chi connectivity index (χ0v) is 11.0. The van der Waals surface area contributed by atoms with Crippen molar-refractivity contribution in [1.82, 2.24) is 4.90 Å². The molecule has 3 nitrogen and oxygen atoms in total. The molecule has 2 bridgehead atoms. The molecule has 2 unspecified atom stereocenters. The summed E-state index contributed by atoms with van der Waals surface area (Å²) in [6.45, 7) is 1.59. The van der Waals surface area contributed by atoms with Crippen molar-refractivity contribution in [2.24, 2.45) is 0 Å². The molecule has 2 atom stereocenters. The van der Waals surface area contributed by atoms with Crippen LogP contribution >= 0.6 is 0 Å². The zero-order chi connectivity index (χ0) is 13.6. The monoisotopic (exact) mass is 263 g/mol. The van der Waals surface area contributed by atoms with E-state index in [9.17, 15) is 14.3 Å². The minimum atomic E-state index is -0.925. The van der Waals surface area contributed by atoms with Crippen LogP contribution in [0.5, 0.6) is 0 Å². The Morgan fingerprint density at radius 2 is 1.79 bits per heavy atom. The van der Waals surface area contributed by atoms with Gasteiger partial charge in [-0.3, -0.25) is 4.79 Å². The first-order valence-electron chi connectivity index (χ1n) is 6.77. The van der Waals surface area contributed by atoms with Crippen molar-refractivity contribution in [2.45, 2.75) is 50.3 Å². The Morgan fingerprint density at radius 1 is 1.26 bits per heavy atom. The second kappa shape index (κ2) is 4.30. The fourth-order valence-electron chi connectivity index (χ4n) is 3.73. The molecular formula is C15H18FNO2. The number of nitrogens with zero attached hydrogens (tertiary/aromatic N) is 1. The van der Waals surface area contributed by atoms with Gasteiger partial charge >= 0.3 is 0 Å². The van der Waals surface area contributed by atoms with Crippen LogP contribution in [0.1, 0.15) is 38.2 Å². The van der Waals surface area contributed by atoms with Crippen LogP contribution in [0.25, 0.3) is 0 Å². The first-order valence-corrected chi connectivity index (χ1v) is 6.77. The highest BCUT2D eigenvalue weighted by Crippen LogP contribution is 2.45. The molecule has 2 saturated heterocycles. The standard InChI is InChI=1S/C15H18FNO2/c1-10(18)17-13-6-7-14(17)9-15(19,8-13)11-2-4-12(16)5-3-11/h2-5,13-14,19H,6-9H2,1H3. The van der Waals surface area contributed by atoms with Gasteiger partial charge in [-0.2, -0.15) is 0 Å². The van der Waals surface area contributed by atoms with Crippen molar-refractivity contribution in [3.63, 3.8) is 0 Å². The third-order valence-electron chi connectivity index (χ3n) is 4.51. The van der Waals surface area contributed by atoms with E-state index in [0.717, 1.165) is 18.4 Å². The molecule has 2 aliphatic heterocycles. The lowest BCUT2D eigenvalue weighted by Gasteiger charge is -2.43. The number of fused-ring (bicyclic) bond motifs is 2. The summed E-state index contributed by atoms with van der Waals surface area (Å²) in [5, 5.41) is 10.9. The molecule has 0 saturated carbocycles. The number of carbonyl (C=O) groups excluding carboxylic acids is 1. The molecule has 0 aromatic heterocycles. The van der Waals surface area contributed by atoms with Crippen LogP contribution in [0, 0.1) is 5.82 Å². The van der Waals surface area contributed by atoms with E-state index in [1.54, 1.807) is 19.1 Å². The predicted molar refractivity (Wildman–Crippen MR) is 68.9 cm³/mol. The minimum absolute atomic E-state index is 0.0913. The van der Waals surface area contributed by atoms with Crippen LogP contribution in [0.3, 0.4) is 0 Å². The fourth-order valence-corrected chi connectivity index (χ4v) is 3.73. The van der Waals surface area contributed by atoms with Crippen LogP contribution in [0.2, 0.25) is 0 Å². The van der Waals surface area contributed by atoms with E-state index in [0.29, 0.717) is 12.8 Å². The van der Waals surface area contributed by atoms with E-state index in [-0.39, 0.29) is 23.8 Å². The number of piperidine rings is 1. The van der Waals surface area contributed by atoms with Gasteiger partial charge in [-0.15, -0.1) is 0 Å². The van der Waals surface area contributed by atoms with E-state index in [4.69, 9.17) is 0 Å². The van der Waals surface area contributed by atoms with Crippen LogP contribution in [0.15, 0.2) is 24.3 Å². The van der Waals surface area contributed by atoms with Crippen molar-refractivity contribution in [2.75, 3.05) is 0 Å². The van der Waals surface area contributed by atoms with Crippen molar-refractivity contribution in [3.05, 3.63) is 35.6 Å². The smallest absolute Gasteiger partial charge is 0.219 e. The summed E-state index contributed by atoms with van der Waals surface area (Å²) in [4.78, 5) is 13.6. The lowest BCUT2D eigenvalue weighted by molar-refractivity contribution is -0.139. The molecule has 1 aromatic carbocycles. The number of benzene rings is 1. The largest absolute Gasteiger partial charge is 0.385 e. The predicted octanol–water partition coefficient (Wildman–Crippen LogP) is 2.19. The highest BCUT2D eigenvalue weighted by Gasteiger charge is 2.49. The number of aliphatic hydroxyl groups is 1. The second-order valence-corrected chi connectivity index (χ2v) is 5.76. The molecule has 0 aliphatic carbocycles. The van der Waals surface area contributed by atoms with Gasteiger partial charge in [0.05, 0.1) is 5.60 Å². The highest BCUT2D eigenvalue weighted by molar-refractivity contribution is 5.74. The van der Waals surface area contributed by atoms with Gasteiger partial charge in [-0.25, -0.2) is 4.39 Å². The van der Waals surface area contributed by atoms with Crippen molar-refractivity contribution >= 4 is 5.91 Å². The normalized spacial score (nSPS) is 33.5. The van der Waals surface area contributed by atoms with Crippen LogP contribution < -0.4 is 0 Å². The summed E-state index contributed by atoms with van der Waals surface area (Å²) in [6, 6.07) is 6.30. The van der Waals surface area contributed by atoms with E-state index in [1.807, 2.05) is 4.90 Å². The molecule has 102 valence electrons. The molecule has 4 heteroatoms. The molecule has 2 heterocycles. The lowest BCUT2D eigenvalue weighted by Crippen LogP contribution is -2.51. The van der Waals surface area contributed by atoms with Gasteiger partial charge in [0.2, 0.25) is 5.91 Å². The van der Waals surface area contributed by atoms with Gasteiger partial charge in [0.1, 0.15) is 5.82 Å².